The molecule has 0 aliphatic heterocycles. The van der Waals surface area contributed by atoms with Crippen LogP contribution in [0.25, 0.3) is 0 Å². The normalized spacial score (nSPS) is 15.0. The summed E-state index contributed by atoms with van der Waals surface area (Å²) in [4.78, 5) is 2.04. The highest BCUT2D eigenvalue weighted by molar-refractivity contribution is 5.97. The molecule has 1 aromatic rings. The molecule has 0 atom stereocenters. The number of amidine groups is 1. The third kappa shape index (κ3) is 3.68. The first-order chi connectivity index (χ1) is 9.84. The SMILES string of the molecule is CCCCN(c1ccc(C(=N)N)c(C(F)(F)F)c1)C1CC1. The quantitative estimate of drug-likeness (QED) is 0.621. The minimum Gasteiger partial charge on any atom is -0.384 e. The summed E-state index contributed by atoms with van der Waals surface area (Å²) in [5.74, 6) is -0.555. The van der Waals surface area contributed by atoms with Gasteiger partial charge in [0.05, 0.1) is 5.56 Å². The maximum absolute atomic E-state index is 13.2. The topological polar surface area (TPSA) is 53.1 Å². The second-order valence-electron chi connectivity index (χ2n) is 5.42. The van der Waals surface area contributed by atoms with E-state index in [2.05, 4.69) is 6.92 Å². The molecule has 3 N–H and O–H groups in total. The fourth-order valence-corrected chi connectivity index (χ4v) is 2.42. The van der Waals surface area contributed by atoms with Crippen LogP contribution in [0.1, 0.15) is 43.7 Å². The van der Waals surface area contributed by atoms with Crippen LogP contribution in [0.15, 0.2) is 18.2 Å². The van der Waals surface area contributed by atoms with Gasteiger partial charge in [-0.25, -0.2) is 0 Å². The van der Waals surface area contributed by atoms with E-state index in [4.69, 9.17) is 11.1 Å². The molecule has 3 nitrogen and oxygen atoms in total. The average molecular weight is 299 g/mol. The molecule has 0 bridgehead atoms. The Balaban J connectivity index is 2.37. The van der Waals surface area contributed by atoms with E-state index >= 15 is 0 Å². The second kappa shape index (κ2) is 5.95. The Bertz CT molecular complexity index is 521. The zero-order valence-corrected chi connectivity index (χ0v) is 12.0. The van der Waals surface area contributed by atoms with E-state index < -0.39 is 17.6 Å². The first-order valence-electron chi connectivity index (χ1n) is 7.17. The van der Waals surface area contributed by atoms with Crippen molar-refractivity contribution in [2.24, 2.45) is 5.73 Å². The van der Waals surface area contributed by atoms with E-state index in [1.807, 2.05) is 4.90 Å². The molecule has 0 unspecified atom stereocenters. The standard InChI is InChI=1S/C15H20F3N3/c1-2-3-8-21(10-4-5-10)11-6-7-12(14(19)20)13(9-11)15(16,17)18/h6-7,9-10H,2-5,8H2,1H3,(H3,19,20). The zero-order chi connectivity index (χ0) is 15.6. The van der Waals surface area contributed by atoms with Crippen LogP contribution in [0.3, 0.4) is 0 Å². The Morgan fingerprint density at radius 1 is 1.38 bits per heavy atom. The van der Waals surface area contributed by atoms with Gasteiger partial charge in [0.25, 0.3) is 0 Å². The van der Waals surface area contributed by atoms with Crippen LogP contribution in [-0.2, 0) is 6.18 Å². The molecule has 1 aromatic carbocycles. The summed E-state index contributed by atoms with van der Waals surface area (Å²) < 4.78 is 39.5. The lowest BCUT2D eigenvalue weighted by Crippen LogP contribution is -2.28. The number of nitrogens with zero attached hydrogens (tertiary/aromatic N) is 1. The fourth-order valence-electron chi connectivity index (χ4n) is 2.42. The predicted octanol–water partition coefficient (Wildman–Crippen LogP) is 3.76. The molecule has 0 radical (unpaired) electrons. The number of nitrogen functional groups attached to an aromatic ring is 1. The molecule has 0 aromatic heterocycles. The Morgan fingerprint density at radius 2 is 2.05 bits per heavy atom. The lowest BCUT2D eigenvalue weighted by atomic mass is 10.0. The first-order valence-corrected chi connectivity index (χ1v) is 7.17. The number of hydrogen-bond donors (Lipinski definition) is 2. The molecule has 0 saturated heterocycles. The van der Waals surface area contributed by atoms with Crippen molar-refractivity contribution >= 4 is 11.5 Å². The first kappa shape index (κ1) is 15.7. The predicted molar refractivity (Wildman–Crippen MR) is 77.7 cm³/mol. The molecular formula is C15H20F3N3. The number of rotatable bonds is 6. The molecule has 1 aliphatic rings. The van der Waals surface area contributed by atoms with Crippen molar-refractivity contribution in [2.45, 2.75) is 44.8 Å². The molecule has 0 heterocycles. The molecule has 6 heteroatoms. The lowest BCUT2D eigenvalue weighted by Gasteiger charge is -2.26. The molecule has 1 fully saturated rings. The molecule has 1 aliphatic carbocycles. The van der Waals surface area contributed by atoms with E-state index in [0.29, 0.717) is 11.7 Å². The number of alkyl halides is 3. The van der Waals surface area contributed by atoms with Crippen LogP contribution < -0.4 is 10.6 Å². The van der Waals surface area contributed by atoms with Crippen LogP contribution in [0.5, 0.6) is 0 Å². The minimum absolute atomic E-state index is 0.252. The van der Waals surface area contributed by atoms with Gasteiger partial charge in [-0.3, -0.25) is 5.41 Å². The number of unbranched alkanes of at least 4 members (excludes halogenated alkanes) is 1. The number of benzene rings is 1. The molecule has 1 saturated carbocycles. The lowest BCUT2D eigenvalue weighted by molar-refractivity contribution is -0.137. The van der Waals surface area contributed by atoms with Crippen LogP contribution in [0.4, 0.5) is 18.9 Å². The van der Waals surface area contributed by atoms with Crippen molar-refractivity contribution < 1.29 is 13.2 Å². The summed E-state index contributed by atoms with van der Waals surface area (Å²) >= 11 is 0. The van der Waals surface area contributed by atoms with Gasteiger partial charge in [0.2, 0.25) is 0 Å². The van der Waals surface area contributed by atoms with Crippen molar-refractivity contribution in [2.75, 3.05) is 11.4 Å². The van der Waals surface area contributed by atoms with Crippen LogP contribution >= 0.6 is 0 Å². The molecule has 0 spiro atoms. The highest BCUT2D eigenvalue weighted by Crippen LogP contribution is 2.37. The fraction of sp³-hybridized carbons (Fsp3) is 0.533. The van der Waals surface area contributed by atoms with E-state index in [0.717, 1.165) is 38.3 Å². The molecule has 21 heavy (non-hydrogen) atoms. The van der Waals surface area contributed by atoms with Crippen molar-refractivity contribution in [3.8, 4) is 0 Å². The van der Waals surface area contributed by atoms with Gasteiger partial charge in [-0.15, -0.1) is 0 Å². The van der Waals surface area contributed by atoms with Crippen LogP contribution in [0.2, 0.25) is 0 Å². The van der Waals surface area contributed by atoms with Gasteiger partial charge in [0, 0.05) is 23.8 Å². The summed E-state index contributed by atoms with van der Waals surface area (Å²) in [7, 11) is 0. The number of anilines is 1. The summed E-state index contributed by atoms with van der Waals surface area (Å²) in [6.45, 7) is 2.82. The van der Waals surface area contributed by atoms with E-state index in [9.17, 15) is 13.2 Å². The van der Waals surface area contributed by atoms with Crippen LogP contribution in [-0.4, -0.2) is 18.4 Å². The number of nitrogens with one attached hydrogen (secondary N) is 1. The Morgan fingerprint density at radius 3 is 2.52 bits per heavy atom. The molecular weight excluding hydrogens is 279 g/mol. The molecule has 116 valence electrons. The van der Waals surface area contributed by atoms with Crippen LogP contribution in [0, 0.1) is 5.41 Å². The van der Waals surface area contributed by atoms with Gasteiger partial charge in [-0.1, -0.05) is 13.3 Å². The summed E-state index contributed by atoms with van der Waals surface area (Å²) in [6, 6.07) is 4.42. The van der Waals surface area contributed by atoms with Crippen molar-refractivity contribution in [1.82, 2.24) is 0 Å². The number of halogens is 3. The van der Waals surface area contributed by atoms with E-state index in [1.165, 1.54) is 6.07 Å². The molecule has 0 amide bonds. The third-order valence-corrected chi connectivity index (χ3v) is 3.67. The minimum atomic E-state index is -4.50. The number of nitrogens with two attached hydrogens (primary N) is 1. The van der Waals surface area contributed by atoms with Gasteiger partial charge in [-0.2, -0.15) is 13.2 Å². The maximum atomic E-state index is 13.2. The smallest absolute Gasteiger partial charge is 0.384 e. The van der Waals surface area contributed by atoms with Gasteiger partial charge in [0.1, 0.15) is 5.84 Å². The highest BCUT2D eigenvalue weighted by Gasteiger charge is 2.36. The second-order valence-corrected chi connectivity index (χ2v) is 5.42. The maximum Gasteiger partial charge on any atom is 0.417 e. The Labute approximate surface area is 122 Å². The van der Waals surface area contributed by atoms with Gasteiger partial charge in [-0.05, 0) is 37.5 Å². The average Bonchev–Trinajstić information content (AvgIpc) is 3.22. The molecule has 2 rings (SSSR count). The Kier molecular flexibility index (Phi) is 4.44. The van der Waals surface area contributed by atoms with Gasteiger partial charge >= 0.3 is 6.18 Å². The van der Waals surface area contributed by atoms with Gasteiger partial charge < -0.3 is 10.6 Å². The van der Waals surface area contributed by atoms with Crippen molar-refractivity contribution in [3.05, 3.63) is 29.3 Å². The Hall–Kier alpha value is -1.72. The van der Waals surface area contributed by atoms with Crippen molar-refractivity contribution in [3.63, 3.8) is 0 Å². The van der Waals surface area contributed by atoms with E-state index in [1.54, 1.807) is 6.07 Å². The number of hydrogen-bond acceptors (Lipinski definition) is 2. The largest absolute Gasteiger partial charge is 0.417 e. The van der Waals surface area contributed by atoms with Gasteiger partial charge in [0.15, 0.2) is 0 Å². The summed E-state index contributed by atoms with van der Waals surface area (Å²) in [6.07, 6.45) is -0.497. The summed E-state index contributed by atoms with van der Waals surface area (Å²) in [5, 5.41) is 7.31. The summed E-state index contributed by atoms with van der Waals surface area (Å²) in [5.41, 5.74) is 4.76. The van der Waals surface area contributed by atoms with E-state index in [-0.39, 0.29) is 5.56 Å². The third-order valence-electron chi connectivity index (χ3n) is 3.67. The zero-order valence-electron chi connectivity index (χ0n) is 12.0. The highest BCUT2D eigenvalue weighted by atomic mass is 19.4. The van der Waals surface area contributed by atoms with Crippen molar-refractivity contribution in [1.29, 1.82) is 5.41 Å². The monoisotopic (exact) mass is 299 g/mol.